The maximum absolute atomic E-state index is 13.6. The van der Waals surface area contributed by atoms with Crippen LogP contribution in [0.2, 0.25) is 0 Å². The molecule has 1 aromatic carbocycles. The van der Waals surface area contributed by atoms with Gasteiger partial charge in [-0.2, -0.15) is 4.31 Å². The Balaban J connectivity index is 2.12. The van der Waals surface area contributed by atoms with Gasteiger partial charge in [0.05, 0.1) is 18.1 Å². The number of hydrogen-bond acceptors (Lipinski definition) is 3. The molecule has 0 spiro atoms. The zero-order chi connectivity index (χ0) is 18.4. The van der Waals surface area contributed by atoms with E-state index in [1.165, 1.54) is 0 Å². The SMILES string of the molecule is Cc1cc(C)c(S(=O)(=O)N2CC3=CCOCC3=C[C@@H]2C(C)C)c(C)c1. The molecule has 0 aliphatic carbocycles. The number of fused-ring (bicyclic) bond motifs is 1. The molecule has 3 rings (SSSR count). The van der Waals surface area contributed by atoms with Crippen LogP contribution in [-0.4, -0.2) is 38.5 Å². The van der Waals surface area contributed by atoms with Crippen molar-refractivity contribution in [3.63, 3.8) is 0 Å². The molecule has 2 aliphatic heterocycles. The quantitative estimate of drug-likeness (QED) is 0.827. The molecule has 0 radical (unpaired) electrons. The van der Waals surface area contributed by atoms with Crippen LogP contribution in [0.15, 0.2) is 40.3 Å². The molecule has 4 nitrogen and oxygen atoms in total. The lowest BCUT2D eigenvalue weighted by atomic mass is 9.92. The van der Waals surface area contributed by atoms with Crippen LogP contribution in [0.1, 0.15) is 30.5 Å². The minimum absolute atomic E-state index is 0.154. The van der Waals surface area contributed by atoms with Crippen LogP contribution in [0, 0.1) is 26.7 Å². The van der Waals surface area contributed by atoms with Gasteiger partial charge in [-0.15, -0.1) is 0 Å². The minimum atomic E-state index is -3.58. The molecule has 0 N–H and O–H groups in total. The highest BCUT2D eigenvalue weighted by Gasteiger charge is 2.38. The Labute approximate surface area is 151 Å². The van der Waals surface area contributed by atoms with Crippen molar-refractivity contribution >= 4 is 10.0 Å². The zero-order valence-electron chi connectivity index (χ0n) is 15.7. The van der Waals surface area contributed by atoms with Crippen molar-refractivity contribution in [1.82, 2.24) is 4.31 Å². The van der Waals surface area contributed by atoms with E-state index in [-0.39, 0.29) is 12.0 Å². The summed E-state index contributed by atoms with van der Waals surface area (Å²) < 4.78 is 34.3. The molecule has 1 aromatic rings. The first-order valence-electron chi connectivity index (χ1n) is 8.79. The summed E-state index contributed by atoms with van der Waals surface area (Å²) in [5.74, 6) is 0.191. The van der Waals surface area contributed by atoms with Crippen LogP contribution in [0.4, 0.5) is 0 Å². The van der Waals surface area contributed by atoms with Gasteiger partial charge in [-0.25, -0.2) is 8.42 Å². The molecule has 2 aliphatic rings. The standard InChI is InChI=1S/C20H27NO3S/c1-13(2)19-10-18-12-24-7-6-17(18)11-21(19)25(22,23)20-15(4)8-14(3)9-16(20)5/h6,8-10,13,19H,7,11-12H2,1-5H3/t19-/m1/s1. The number of aryl methyl sites for hydroxylation is 3. The van der Waals surface area contributed by atoms with Gasteiger partial charge >= 0.3 is 0 Å². The Morgan fingerprint density at radius 2 is 1.76 bits per heavy atom. The predicted molar refractivity (Wildman–Crippen MR) is 100 cm³/mol. The highest BCUT2D eigenvalue weighted by atomic mass is 32.2. The Hall–Kier alpha value is -1.43. The monoisotopic (exact) mass is 361 g/mol. The summed E-state index contributed by atoms with van der Waals surface area (Å²) in [5.41, 5.74) is 4.93. The normalized spacial score (nSPS) is 21.8. The molecule has 25 heavy (non-hydrogen) atoms. The molecule has 0 fully saturated rings. The Morgan fingerprint density at radius 3 is 2.36 bits per heavy atom. The average molecular weight is 362 g/mol. The van der Waals surface area contributed by atoms with E-state index in [0.717, 1.165) is 27.8 Å². The molecule has 0 unspecified atom stereocenters. The highest BCUT2D eigenvalue weighted by Crippen LogP contribution is 2.34. The number of sulfonamides is 1. The minimum Gasteiger partial charge on any atom is -0.373 e. The van der Waals surface area contributed by atoms with E-state index in [0.29, 0.717) is 24.7 Å². The van der Waals surface area contributed by atoms with E-state index in [2.05, 4.69) is 19.9 Å². The van der Waals surface area contributed by atoms with Crippen LogP contribution in [0.25, 0.3) is 0 Å². The fourth-order valence-corrected chi connectivity index (χ4v) is 6.00. The van der Waals surface area contributed by atoms with Crippen molar-refractivity contribution in [2.24, 2.45) is 5.92 Å². The Morgan fingerprint density at radius 1 is 1.12 bits per heavy atom. The van der Waals surface area contributed by atoms with E-state index >= 15 is 0 Å². The van der Waals surface area contributed by atoms with E-state index in [1.807, 2.05) is 39.0 Å². The lowest BCUT2D eigenvalue weighted by Gasteiger charge is -2.38. The van der Waals surface area contributed by atoms with Crippen molar-refractivity contribution in [1.29, 1.82) is 0 Å². The molecule has 5 heteroatoms. The van der Waals surface area contributed by atoms with Gasteiger partial charge in [-0.05, 0) is 49.0 Å². The summed E-state index contributed by atoms with van der Waals surface area (Å²) in [6.07, 6.45) is 4.08. The number of nitrogens with zero attached hydrogens (tertiary/aromatic N) is 1. The maximum Gasteiger partial charge on any atom is 0.244 e. The second kappa shape index (κ2) is 6.71. The number of benzene rings is 1. The second-order valence-electron chi connectivity index (χ2n) is 7.45. The van der Waals surface area contributed by atoms with Crippen molar-refractivity contribution < 1.29 is 13.2 Å². The summed E-state index contributed by atoms with van der Waals surface area (Å²) in [6, 6.07) is 3.74. The largest absolute Gasteiger partial charge is 0.373 e. The number of hydrogen-bond donors (Lipinski definition) is 0. The number of ether oxygens (including phenoxy) is 1. The first kappa shape index (κ1) is 18.4. The van der Waals surface area contributed by atoms with Crippen LogP contribution >= 0.6 is 0 Å². The maximum atomic E-state index is 13.6. The topological polar surface area (TPSA) is 46.6 Å². The Bertz CT molecular complexity index is 827. The van der Waals surface area contributed by atoms with Crippen LogP contribution in [0.5, 0.6) is 0 Å². The molecule has 0 saturated heterocycles. The van der Waals surface area contributed by atoms with E-state index in [4.69, 9.17) is 4.74 Å². The van der Waals surface area contributed by atoms with Gasteiger partial charge in [0, 0.05) is 12.6 Å². The van der Waals surface area contributed by atoms with Gasteiger partial charge in [0.1, 0.15) is 0 Å². The number of rotatable bonds is 3. The molecule has 0 amide bonds. The van der Waals surface area contributed by atoms with Crippen LogP contribution < -0.4 is 0 Å². The molecule has 0 bridgehead atoms. The van der Waals surface area contributed by atoms with Crippen molar-refractivity contribution in [2.45, 2.75) is 45.6 Å². The third-order valence-corrected chi connectivity index (χ3v) is 7.15. The molecule has 1 atom stereocenters. The van der Waals surface area contributed by atoms with E-state index < -0.39 is 10.0 Å². The van der Waals surface area contributed by atoms with Crippen molar-refractivity contribution in [3.05, 3.63) is 52.1 Å². The average Bonchev–Trinajstić information content (AvgIpc) is 2.52. The van der Waals surface area contributed by atoms with E-state index in [1.54, 1.807) is 4.31 Å². The first-order chi connectivity index (χ1) is 11.7. The molecule has 0 saturated carbocycles. The third-order valence-electron chi connectivity index (χ3n) is 5.00. The van der Waals surface area contributed by atoms with Gasteiger partial charge in [-0.1, -0.05) is 43.7 Å². The molecule has 136 valence electrons. The first-order valence-corrected chi connectivity index (χ1v) is 10.2. The van der Waals surface area contributed by atoms with Gasteiger partial charge in [-0.3, -0.25) is 0 Å². The predicted octanol–water partition coefficient (Wildman–Crippen LogP) is 3.52. The lowest BCUT2D eigenvalue weighted by Crippen LogP contribution is -2.47. The summed E-state index contributed by atoms with van der Waals surface area (Å²) in [4.78, 5) is 0.452. The highest BCUT2D eigenvalue weighted by molar-refractivity contribution is 7.89. The second-order valence-corrected chi connectivity index (χ2v) is 9.28. The zero-order valence-corrected chi connectivity index (χ0v) is 16.5. The third kappa shape index (κ3) is 3.33. The van der Waals surface area contributed by atoms with Crippen LogP contribution in [-0.2, 0) is 14.8 Å². The lowest BCUT2D eigenvalue weighted by molar-refractivity contribution is 0.173. The van der Waals surface area contributed by atoms with Crippen molar-refractivity contribution in [2.75, 3.05) is 19.8 Å². The molecular weight excluding hydrogens is 334 g/mol. The smallest absolute Gasteiger partial charge is 0.244 e. The fraction of sp³-hybridized carbons (Fsp3) is 0.500. The summed E-state index contributed by atoms with van der Waals surface area (Å²) in [6.45, 7) is 11.4. The van der Waals surface area contributed by atoms with Gasteiger partial charge < -0.3 is 4.74 Å². The molecule has 2 heterocycles. The summed E-state index contributed by atoms with van der Waals surface area (Å²) in [7, 11) is -3.58. The van der Waals surface area contributed by atoms with Gasteiger partial charge in [0.2, 0.25) is 10.0 Å². The van der Waals surface area contributed by atoms with Gasteiger partial charge in [0.15, 0.2) is 0 Å². The molecule has 0 aromatic heterocycles. The fourth-order valence-electron chi connectivity index (χ4n) is 3.90. The van der Waals surface area contributed by atoms with E-state index in [9.17, 15) is 8.42 Å². The molecular formula is C20H27NO3S. The Kier molecular flexibility index (Phi) is 4.93. The van der Waals surface area contributed by atoms with Crippen LogP contribution in [0.3, 0.4) is 0 Å². The van der Waals surface area contributed by atoms with Crippen molar-refractivity contribution in [3.8, 4) is 0 Å². The van der Waals surface area contributed by atoms with Gasteiger partial charge in [0.25, 0.3) is 0 Å². The summed E-state index contributed by atoms with van der Waals surface area (Å²) >= 11 is 0. The summed E-state index contributed by atoms with van der Waals surface area (Å²) in [5, 5.41) is 0.